The van der Waals surface area contributed by atoms with Crippen molar-refractivity contribution in [3.05, 3.63) is 0 Å². The molecule has 0 aliphatic carbocycles. The molecular formula is C11H20N2. The molecule has 0 aromatic heterocycles. The van der Waals surface area contributed by atoms with Crippen molar-refractivity contribution in [1.82, 2.24) is 10.2 Å². The maximum atomic E-state index is 5.30. The second-order valence-electron chi connectivity index (χ2n) is 3.89. The Morgan fingerprint density at radius 3 is 3.08 bits per heavy atom. The van der Waals surface area contributed by atoms with E-state index in [9.17, 15) is 0 Å². The number of hydrogen-bond donors (Lipinski definition) is 1. The summed E-state index contributed by atoms with van der Waals surface area (Å²) in [6, 6.07) is 0.632. The first kappa shape index (κ1) is 10.6. The van der Waals surface area contributed by atoms with E-state index in [1.807, 2.05) is 0 Å². The molecule has 13 heavy (non-hydrogen) atoms. The van der Waals surface area contributed by atoms with E-state index in [0.29, 0.717) is 6.04 Å². The summed E-state index contributed by atoms with van der Waals surface area (Å²) in [4.78, 5) is 2.35. The fourth-order valence-corrected chi connectivity index (χ4v) is 1.78. The van der Waals surface area contributed by atoms with Crippen LogP contribution in [0.2, 0.25) is 0 Å². The van der Waals surface area contributed by atoms with Crippen LogP contribution in [0.3, 0.4) is 0 Å². The summed E-state index contributed by atoms with van der Waals surface area (Å²) in [5.41, 5.74) is 0. The molecule has 0 spiro atoms. The van der Waals surface area contributed by atoms with Crippen LogP contribution < -0.4 is 5.32 Å². The smallest absolute Gasteiger partial charge is 0.0599 e. The minimum Gasteiger partial charge on any atom is -0.311 e. The monoisotopic (exact) mass is 180 g/mol. The summed E-state index contributed by atoms with van der Waals surface area (Å²) in [6.07, 6.45) is 6.54. The fraction of sp³-hybridized carbons (Fsp3) is 0.818. The van der Waals surface area contributed by atoms with Gasteiger partial charge in [0.2, 0.25) is 0 Å². The summed E-state index contributed by atoms with van der Waals surface area (Å²) in [5.74, 6) is 3.46. The molecule has 0 aromatic rings. The van der Waals surface area contributed by atoms with Gasteiger partial charge in [0.25, 0.3) is 0 Å². The number of nitrogens with zero attached hydrogens (tertiary/aromatic N) is 1. The van der Waals surface area contributed by atoms with Crippen LogP contribution in [0.25, 0.3) is 0 Å². The molecule has 0 radical (unpaired) electrons. The van der Waals surface area contributed by atoms with Gasteiger partial charge in [0.1, 0.15) is 0 Å². The van der Waals surface area contributed by atoms with Crippen molar-refractivity contribution in [3.8, 4) is 12.3 Å². The van der Waals surface area contributed by atoms with Gasteiger partial charge in [0, 0.05) is 25.7 Å². The van der Waals surface area contributed by atoms with Gasteiger partial charge in [-0.25, -0.2) is 0 Å². The van der Waals surface area contributed by atoms with E-state index in [1.165, 1.54) is 6.42 Å². The molecule has 1 fully saturated rings. The van der Waals surface area contributed by atoms with E-state index in [4.69, 9.17) is 6.42 Å². The Kier molecular flexibility index (Phi) is 4.27. The first-order chi connectivity index (χ1) is 6.27. The van der Waals surface area contributed by atoms with Crippen LogP contribution in [-0.2, 0) is 0 Å². The van der Waals surface area contributed by atoms with Gasteiger partial charge in [-0.2, -0.15) is 0 Å². The van der Waals surface area contributed by atoms with Gasteiger partial charge in [0.15, 0.2) is 0 Å². The third kappa shape index (κ3) is 3.02. The van der Waals surface area contributed by atoms with Crippen LogP contribution >= 0.6 is 0 Å². The lowest BCUT2D eigenvalue weighted by Crippen LogP contribution is -2.53. The first-order valence-electron chi connectivity index (χ1n) is 5.17. The summed E-state index contributed by atoms with van der Waals surface area (Å²) in [5, 5.41) is 3.55. The molecule has 1 aliphatic heterocycles. The lowest BCUT2D eigenvalue weighted by molar-refractivity contribution is 0.185. The Morgan fingerprint density at radius 1 is 1.69 bits per heavy atom. The first-order valence-corrected chi connectivity index (χ1v) is 5.17. The number of rotatable bonds is 3. The molecule has 1 saturated heterocycles. The highest BCUT2D eigenvalue weighted by atomic mass is 15.2. The van der Waals surface area contributed by atoms with Crippen LogP contribution in [0.5, 0.6) is 0 Å². The molecule has 2 heteroatoms. The molecule has 1 heterocycles. The van der Waals surface area contributed by atoms with Crippen LogP contribution in [0.15, 0.2) is 0 Å². The third-order valence-electron chi connectivity index (χ3n) is 2.94. The van der Waals surface area contributed by atoms with Gasteiger partial charge < -0.3 is 5.32 Å². The Labute approximate surface area is 81.7 Å². The SMILES string of the molecule is C#CCN1CCNC(C(C)CC)C1. The van der Waals surface area contributed by atoms with Gasteiger partial charge in [-0.3, -0.25) is 4.90 Å². The Hall–Kier alpha value is -0.520. The second-order valence-corrected chi connectivity index (χ2v) is 3.89. The van der Waals surface area contributed by atoms with Crippen molar-refractivity contribution >= 4 is 0 Å². The highest BCUT2D eigenvalue weighted by molar-refractivity contribution is 4.92. The molecule has 74 valence electrons. The zero-order chi connectivity index (χ0) is 9.68. The van der Waals surface area contributed by atoms with Crippen LogP contribution in [0, 0.1) is 18.3 Å². The standard InChI is InChI=1S/C11H20N2/c1-4-7-13-8-6-12-11(9-13)10(3)5-2/h1,10-12H,5-9H2,2-3H3. The third-order valence-corrected chi connectivity index (χ3v) is 2.94. The quantitative estimate of drug-likeness (QED) is 0.650. The highest BCUT2D eigenvalue weighted by Crippen LogP contribution is 2.11. The molecule has 2 nitrogen and oxygen atoms in total. The molecule has 2 unspecified atom stereocenters. The molecule has 0 amide bonds. The van der Waals surface area contributed by atoms with Crippen molar-refractivity contribution < 1.29 is 0 Å². The van der Waals surface area contributed by atoms with Gasteiger partial charge in [-0.05, 0) is 5.92 Å². The van der Waals surface area contributed by atoms with Crippen molar-refractivity contribution in [2.45, 2.75) is 26.3 Å². The molecule has 0 aromatic carbocycles. The maximum absolute atomic E-state index is 5.30. The minimum absolute atomic E-state index is 0.632. The summed E-state index contributed by atoms with van der Waals surface area (Å²) < 4.78 is 0. The zero-order valence-corrected chi connectivity index (χ0v) is 8.71. The minimum atomic E-state index is 0.632. The maximum Gasteiger partial charge on any atom is 0.0599 e. The molecule has 0 bridgehead atoms. The predicted molar refractivity (Wildman–Crippen MR) is 56.5 cm³/mol. The number of hydrogen-bond acceptors (Lipinski definition) is 2. The molecule has 0 saturated carbocycles. The summed E-state index contributed by atoms with van der Waals surface area (Å²) in [6.45, 7) is 8.63. The second kappa shape index (κ2) is 5.26. The molecule has 1 rings (SSSR count). The number of terminal acetylenes is 1. The lowest BCUT2D eigenvalue weighted by atomic mass is 9.97. The Morgan fingerprint density at radius 2 is 2.46 bits per heavy atom. The van der Waals surface area contributed by atoms with E-state index < -0.39 is 0 Å². The summed E-state index contributed by atoms with van der Waals surface area (Å²) in [7, 11) is 0. The van der Waals surface area contributed by atoms with Crippen molar-refractivity contribution in [3.63, 3.8) is 0 Å². The largest absolute Gasteiger partial charge is 0.311 e. The van der Waals surface area contributed by atoms with Crippen LogP contribution in [0.1, 0.15) is 20.3 Å². The number of piperazine rings is 1. The van der Waals surface area contributed by atoms with E-state index in [1.54, 1.807) is 0 Å². The van der Waals surface area contributed by atoms with Crippen molar-refractivity contribution in [2.24, 2.45) is 5.92 Å². The van der Waals surface area contributed by atoms with E-state index >= 15 is 0 Å². The average molecular weight is 180 g/mol. The lowest BCUT2D eigenvalue weighted by Gasteiger charge is -2.35. The predicted octanol–water partition coefficient (Wildman–Crippen LogP) is 0.939. The topological polar surface area (TPSA) is 15.3 Å². The van der Waals surface area contributed by atoms with Crippen molar-refractivity contribution in [1.29, 1.82) is 0 Å². The van der Waals surface area contributed by atoms with E-state index in [2.05, 4.69) is 30.0 Å². The van der Waals surface area contributed by atoms with Crippen LogP contribution in [0.4, 0.5) is 0 Å². The molecule has 1 aliphatic rings. The van der Waals surface area contributed by atoms with Gasteiger partial charge in [-0.15, -0.1) is 6.42 Å². The molecule has 1 N–H and O–H groups in total. The van der Waals surface area contributed by atoms with Gasteiger partial charge in [-0.1, -0.05) is 26.2 Å². The van der Waals surface area contributed by atoms with Crippen LogP contribution in [-0.4, -0.2) is 37.1 Å². The fourth-order valence-electron chi connectivity index (χ4n) is 1.78. The normalized spacial score (nSPS) is 26.7. The zero-order valence-electron chi connectivity index (χ0n) is 8.71. The number of nitrogens with one attached hydrogen (secondary N) is 1. The van der Waals surface area contributed by atoms with E-state index in [-0.39, 0.29) is 0 Å². The average Bonchev–Trinajstić information content (AvgIpc) is 2.18. The van der Waals surface area contributed by atoms with Gasteiger partial charge >= 0.3 is 0 Å². The van der Waals surface area contributed by atoms with Gasteiger partial charge in [0.05, 0.1) is 6.54 Å². The Balaban J connectivity index is 2.37. The highest BCUT2D eigenvalue weighted by Gasteiger charge is 2.22. The summed E-state index contributed by atoms with van der Waals surface area (Å²) >= 11 is 0. The van der Waals surface area contributed by atoms with E-state index in [0.717, 1.165) is 32.1 Å². The molecular weight excluding hydrogens is 160 g/mol. The Bertz CT molecular complexity index is 183. The molecule has 2 atom stereocenters. The van der Waals surface area contributed by atoms with Crippen molar-refractivity contribution in [2.75, 3.05) is 26.2 Å².